The molecule has 1 aromatic heterocycles. The molecule has 2 aromatic carbocycles. The molecule has 3 aromatic rings. The number of aromatic nitrogens is 1. The first kappa shape index (κ1) is 20.1. The van der Waals surface area contributed by atoms with Gasteiger partial charge in [-0.05, 0) is 46.0 Å². The number of carbonyl (C=O) groups is 1. The lowest BCUT2D eigenvalue weighted by Crippen LogP contribution is -2.31. The van der Waals surface area contributed by atoms with E-state index in [1.807, 2.05) is 60.7 Å². The minimum absolute atomic E-state index is 0.00276. The van der Waals surface area contributed by atoms with Gasteiger partial charge in [0.1, 0.15) is 0 Å². The highest BCUT2D eigenvalue weighted by molar-refractivity contribution is 9.10. The summed E-state index contributed by atoms with van der Waals surface area (Å²) in [4.78, 5) is 24.7. The van der Waals surface area contributed by atoms with Crippen molar-refractivity contribution in [1.82, 2.24) is 9.88 Å². The molecule has 1 heterocycles. The smallest absolute Gasteiger partial charge is 0.250 e. The number of pyridine rings is 1. The fraction of sp³-hybridized carbons (Fsp3) is 0.217. The normalized spacial score (nSPS) is 10.8. The van der Waals surface area contributed by atoms with E-state index in [0.29, 0.717) is 13.1 Å². The van der Waals surface area contributed by atoms with Crippen molar-refractivity contribution in [3.63, 3.8) is 0 Å². The number of rotatable bonds is 8. The van der Waals surface area contributed by atoms with E-state index in [1.165, 1.54) is 0 Å². The quantitative estimate of drug-likeness (QED) is 0.531. The predicted octanol–water partition coefficient (Wildman–Crippen LogP) is 4.34. The summed E-state index contributed by atoms with van der Waals surface area (Å²) < 4.78 is 2.57. The zero-order chi connectivity index (χ0) is 19.8. The molecule has 0 atom stereocenters. The fourth-order valence-electron chi connectivity index (χ4n) is 3.18. The zero-order valence-electron chi connectivity index (χ0n) is 15.6. The van der Waals surface area contributed by atoms with Crippen molar-refractivity contribution < 1.29 is 4.79 Å². The van der Waals surface area contributed by atoms with Crippen LogP contribution in [0.15, 0.2) is 88.3 Å². The van der Waals surface area contributed by atoms with Gasteiger partial charge in [-0.1, -0.05) is 60.7 Å². The first-order chi connectivity index (χ1) is 13.6. The number of hydrogen-bond acceptors (Lipinski definition) is 2. The van der Waals surface area contributed by atoms with Crippen molar-refractivity contribution in [2.75, 3.05) is 6.54 Å². The molecule has 0 spiro atoms. The first-order valence-electron chi connectivity index (χ1n) is 9.39. The number of hydrogen-bond donors (Lipinski definition) is 1. The molecule has 144 valence electrons. The summed E-state index contributed by atoms with van der Waals surface area (Å²) in [5, 5.41) is 3.06. The maximum Gasteiger partial charge on any atom is 0.250 e. The van der Waals surface area contributed by atoms with Crippen molar-refractivity contribution in [1.29, 1.82) is 0 Å². The number of nitrogens with one attached hydrogen (secondary N) is 1. The minimum Gasteiger partial charge on any atom is -0.355 e. The Morgan fingerprint density at radius 2 is 1.50 bits per heavy atom. The number of halogens is 1. The van der Waals surface area contributed by atoms with Crippen LogP contribution >= 0.6 is 15.9 Å². The van der Waals surface area contributed by atoms with Gasteiger partial charge >= 0.3 is 0 Å². The van der Waals surface area contributed by atoms with Gasteiger partial charge in [-0.25, -0.2) is 0 Å². The molecule has 5 heteroatoms. The Hall–Kier alpha value is -2.66. The van der Waals surface area contributed by atoms with E-state index in [-0.39, 0.29) is 17.4 Å². The Labute approximate surface area is 173 Å². The Morgan fingerprint density at radius 1 is 0.893 bits per heavy atom. The molecule has 4 nitrogen and oxygen atoms in total. The van der Waals surface area contributed by atoms with Gasteiger partial charge < -0.3 is 9.88 Å². The maximum absolute atomic E-state index is 12.9. The summed E-state index contributed by atoms with van der Waals surface area (Å²) in [5.41, 5.74) is 1.94. The third kappa shape index (κ3) is 5.42. The standard InChI is InChI=1S/C23H23BrN2O2/c24-20-13-14-21(27)26(17-20)16-8-7-15-25-23(28)22(18-9-3-1-4-10-18)19-11-5-2-6-12-19/h1-6,9-14,17,22H,7-8,15-16H2,(H,25,28). The molecule has 3 rings (SSSR count). The number of unbranched alkanes of at least 4 members (excludes halogenated alkanes) is 1. The third-order valence-electron chi connectivity index (χ3n) is 4.60. The number of nitrogens with zero attached hydrogens (tertiary/aromatic N) is 1. The Kier molecular flexibility index (Phi) is 7.20. The van der Waals surface area contributed by atoms with Crippen LogP contribution in [0.2, 0.25) is 0 Å². The van der Waals surface area contributed by atoms with Gasteiger partial charge in [0.15, 0.2) is 0 Å². The summed E-state index contributed by atoms with van der Waals surface area (Å²) in [7, 11) is 0. The largest absolute Gasteiger partial charge is 0.355 e. The van der Waals surface area contributed by atoms with E-state index in [9.17, 15) is 9.59 Å². The summed E-state index contributed by atoms with van der Waals surface area (Å²) in [5.74, 6) is -0.327. The van der Waals surface area contributed by atoms with Crippen molar-refractivity contribution >= 4 is 21.8 Å². The molecule has 0 unspecified atom stereocenters. The van der Waals surface area contributed by atoms with Gasteiger partial charge in [-0.3, -0.25) is 9.59 Å². The topological polar surface area (TPSA) is 51.1 Å². The van der Waals surface area contributed by atoms with Crippen LogP contribution in [0, 0.1) is 0 Å². The number of benzene rings is 2. The summed E-state index contributed by atoms with van der Waals surface area (Å²) in [6.07, 6.45) is 3.42. The van der Waals surface area contributed by atoms with E-state index in [4.69, 9.17) is 0 Å². The van der Waals surface area contributed by atoms with Crippen LogP contribution in [0.3, 0.4) is 0 Å². The molecule has 0 aliphatic rings. The molecule has 0 aliphatic heterocycles. The number of aryl methyl sites for hydroxylation is 1. The van der Waals surface area contributed by atoms with E-state index in [2.05, 4.69) is 21.2 Å². The fourth-order valence-corrected chi connectivity index (χ4v) is 3.56. The first-order valence-corrected chi connectivity index (χ1v) is 10.2. The van der Waals surface area contributed by atoms with Crippen LogP contribution in [0.5, 0.6) is 0 Å². The molecule has 0 radical (unpaired) electrons. The highest BCUT2D eigenvalue weighted by Gasteiger charge is 2.21. The van der Waals surface area contributed by atoms with Gasteiger partial charge in [0.2, 0.25) is 5.91 Å². The number of amides is 1. The molecule has 0 aliphatic carbocycles. The SMILES string of the molecule is O=C(NCCCCn1cc(Br)ccc1=O)C(c1ccccc1)c1ccccc1. The Bertz CT molecular complexity index is 916. The summed E-state index contributed by atoms with van der Waals surface area (Å²) in [6.45, 7) is 1.21. The van der Waals surface area contributed by atoms with Gasteiger partial charge in [0.25, 0.3) is 5.56 Å². The Balaban J connectivity index is 1.57. The second kappa shape index (κ2) is 10.0. The molecule has 28 heavy (non-hydrogen) atoms. The van der Waals surface area contributed by atoms with Crippen molar-refractivity contribution in [3.05, 3.63) is 105 Å². The van der Waals surface area contributed by atoms with Crippen LogP contribution < -0.4 is 10.9 Å². The van der Waals surface area contributed by atoms with Crippen molar-refractivity contribution in [2.24, 2.45) is 0 Å². The highest BCUT2D eigenvalue weighted by atomic mass is 79.9. The number of carbonyl (C=O) groups excluding carboxylic acids is 1. The lowest BCUT2D eigenvalue weighted by Gasteiger charge is -2.18. The van der Waals surface area contributed by atoms with Crippen LogP contribution in [0.4, 0.5) is 0 Å². The molecule has 0 saturated heterocycles. The highest BCUT2D eigenvalue weighted by Crippen LogP contribution is 2.24. The van der Waals surface area contributed by atoms with Gasteiger partial charge in [0, 0.05) is 29.8 Å². The minimum atomic E-state index is -0.324. The van der Waals surface area contributed by atoms with Gasteiger partial charge in [0.05, 0.1) is 5.92 Å². The Morgan fingerprint density at radius 3 is 2.11 bits per heavy atom. The molecule has 0 fully saturated rings. The second-order valence-electron chi connectivity index (χ2n) is 6.63. The second-order valence-corrected chi connectivity index (χ2v) is 7.55. The molecular weight excluding hydrogens is 416 g/mol. The van der Waals surface area contributed by atoms with E-state index >= 15 is 0 Å². The summed E-state index contributed by atoms with van der Waals surface area (Å²) in [6, 6.07) is 22.9. The zero-order valence-corrected chi connectivity index (χ0v) is 17.1. The monoisotopic (exact) mass is 438 g/mol. The summed E-state index contributed by atoms with van der Waals surface area (Å²) >= 11 is 3.38. The molecule has 0 bridgehead atoms. The van der Waals surface area contributed by atoms with Crippen LogP contribution in [-0.4, -0.2) is 17.0 Å². The van der Waals surface area contributed by atoms with E-state index in [0.717, 1.165) is 28.4 Å². The molecule has 1 amide bonds. The van der Waals surface area contributed by atoms with Crippen LogP contribution in [0.25, 0.3) is 0 Å². The average molecular weight is 439 g/mol. The van der Waals surface area contributed by atoms with Crippen molar-refractivity contribution in [3.8, 4) is 0 Å². The molecule has 0 saturated carbocycles. The molecule has 1 N–H and O–H groups in total. The van der Waals surface area contributed by atoms with E-state index < -0.39 is 0 Å². The van der Waals surface area contributed by atoms with Gasteiger partial charge in [-0.2, -0.15) is 0 Å². The van der Waals surface area contributed by atoms with E-state index in [1.54, 1.807) is 22.9 Å². The maximum atomic E-state index is 12.9. The van der Waals surface area contributed by atoms with Crippen molar-refractivity contribution in [2.45, 2.75) is 25.3 Å². The molecular formula is C23H23BrN2O2. The van der Waals surface area contributed by atoms with Crippen LogP contribution in [-0.2, 0) is 11.3 Å². The van der Waals surface area contributed by atoms with Gasteiger partial charge in [-0.15, -0.1) is 0 Å². The lowest BCUT2D eigenvalue weighted by molar-refractivity contribution is -0.121. The average Bonchev–Trinajstić information content (AvgIpc) is 2.72. The lowest BCUT2D eigenvalue weighted by atomic mass is 9.90. The third-order valence-corrected chi connectivity index (χ3v) is 5.07. The van der Waals surface area contributed by atoms with Crippen LogP contribution in [0.1, 0.15) is 29.9 Å². The predicted molar refractivity (Wildman–Crippen MR) is 115 cm³/mol.